The largest absolute Gasteiger partial charge is 0.475 e. The lowest BCUT2D eigenvalue weighted by atomic mass is 10.4. The molecule has 2 rings (SSSR count). The van der Waals surface area contributed by atoms with Crippen molar-refractivity contribution in [3.05, 3.63) is 35.4 Å². The summed E-state index contributed by atoms with van der Waals surface area (Å²) in [7, 11) is 1.88. The first-order valence-corrected chi connectivity index (χ1v) is 6.00. The minimum absolute atomic E-state index is 0.0261. The Kier molecular flexibility index (Phi) is 3.23. The van der Waals surface area contributed by atoms with Gasteiger partial charge in [0.2, 0.25) is 5.76 Å². The van der Waals surface area contributed by atoms with Gasteiger partial charge in [-0.05, 0) is 25.1 Å². The summed E-state index contributed by atoms with van der Waals surface area (Å²) < 4.78 is 6.96. The molecule has 0 bridgehead atoms. The van der Waals surface area contributed by atoms with Gasteiger partial charge in [0.25, 0.3) is 0 Å². The summed E-state index contributed by atoms with van der Waals surface area (Å²) >= 11 is 1.56. The van der Waals surface area contributed by atoms with Gasteiger partial charge >= 0.3 is 5.97 Å². The third-order valence-electron chi connectivity index (χ3n) is 2.19. The van der Waals surface area contributed by atoms with Crippen LogP contribution < -0.4 is 0 Å². The molecule has 0 aliphatic carbocycles. The minimum atomic E-state index is -1.04. The predicted octanol–water partition coefficient (Wildman–Crippen LogP) is 2.31. The molecule has 0 unspecified atom stereocenters. The van der Waals surface area contributed by atoms with Crippen LogP contribution in [-0.2, 0) is 12.8 Å². The molecule has 6 heteroatoms. The fourth-order valence-corrected chi connectivity index (χ4v) is 2.36. The van der Waals surface area contributed by atoms with Crippen LogP contribution in [0.15, 0.2) is 27.6 Å². The van der Waals surface area contributed by atoms with Gasteiger partial charge in [0.15, 0.2) is 0 Å². The fraction of sp³-hybridized carbons (Fsp3) is 0.273. The van der Waals surface area contributed by atoms with Crippen molar-refractivity contribution in [3.8, 4) is 0 Å². The SMILES string of the molecule is Cc1cc(SCc2ccc(C(=O)O)o2)n(C)n1. The number of carboxylic acid groups (broad SMARTS) is 1. The van der Waals surface area contributed by atoms with Crippen molar-refractivity contribution in [1.29, 1.82) is 0 Å². The van der Waals surface area contributed by atoms with Gasteiger partial charge in [-0.1, -0.05) is 11.8 Å². The van der Waals surface area contributed by atoms with Crippen molar-refractivity contribution < 1.29 is 14.3 Å². The highest BCUT2D eigenvalue weighted by Gasteiger charge is 2.10. The van der Waals surface area contributed by atoms with E-state index in [2.05, 4.69) is 5.10 Å². The summed E-state index contributed by atoms with van der Waals surface area (Å²) in [4.78, 5) is 10.6. The molecule has 2 aromatic heterocycles. The van der Waals surface area contributed by atoms with Gasteiger partial charge in [-0.25, -0.2) is 4.79 Å². The van der Waals surface area contributed by atoms with Crippen molar-refractivity contribution in [3.63, 3.8) is 0 Å². The van der Waals surface area contributed by atoms with Gasteiger partial charge in [-0.3, -0.25) is 4.68 Å². The van der Waals surface area contributed by atoms with Crippen LogP contribution in [-0.4, -0.2) is 20.9 Å². The maximum Gasteiger partial charge on any atom is 0.371 e. The fourth-order valence-electron chi connectivity index (χ4n) is 1.44. The number of carbonyl (C=O) groups is 1. The maximum atomic E-state index is 10.6. The topological polar surface area (TPSA) is 68.3 Å². The second-order valence-corrected chi connectivity index (χ2v) is 4.60. The van der Waals surface area contributed by atoms with Gasteiger partial charge in [0.1, 0.15) is 5.76 Å². The third-order valence-corrected chi connectivity index (χ3v) is 3.30. The molecule has 5 nitrogen and oxygen atoms in total. The number of aromatic carboxylic acids is 1. The number of carboxylic acids is 1. The zero-order valence-electron chi connectivity index (χ0n) is 9.51. The van der Waals surface area contributed by atoms with Crippen LogP contribution in [0.1, 0.15) is 22.0 Å². The van der Waals surface area contributed by atoms with Crippen LogP contribution in [0.25, 0.3) is 0 Å². The van der Waals surface area contributed by atoms with Crippen molar-refractivity contribution in [2.24, 2.45) is 7.05 Å². The lowest BCUT2D eigenvalue weighted by molar-refractivity contribution is 0.0661. The zero-order valence-corrected chi connectivity index (χ0v) is 10.3. The number of aryl methyl sites for hydroxylation is 2. The summed E-state index contributed by atoms with van der Waals surface area (Å²) in [5.74, 6) is 0.164. The van der Waals surface area contributed by atoms with Crippen molar-refractivity contribution >= 4 is 17.7 Å². The molecule has 0 spiro atoms. The van der Waals surface area contributed by atoms with E-state index in [0.717, 1.165) is 10.7 Å². The molecule has 17 heavy (non-hydrogen) atoms. The first-order chi connectivity index (χ1) is 8.06. The molecule has 0 radical (unpaired) electrons. The molecule has 0 saturated heterocycles. The summed E-state index contributed by atoms with van der Waals surface area (Å²) in [6, 6.07) is 5.12. The Bertz CT molecular complexity index is 545. The summed E-state index contributed by atoms with van der Waals surface area (Å²) in [6.07, 6.45) is 0. The molecule has 1 N–H and O–H groups in total. The molecule has 0 saturated carbocycles. The van der Waals surface area contributed by atoms with Crippen molar-refractivity contribution in [2.75, 3.05) is 0 Å². The van der Waals surface area contributed by atoms with E-state index in [1.165, 1.54) is 6.07 Å². The van der Waals surface area contributed by atoms with Crippen LogP contribution >= 0.6 is 11.8 Å². The summed E-state index contributed by atoms with van der Waals surface area (Å²) in [5, 5.41) is 14.0. The Morgan fingerprint density at radius 1 is 1.59 bits per heavy atom. The molecule has 2 aromatic rings. The smallest absolute Gasteiger partial charge is 0.371 e. The molecule has 2 heterocycles. The molecule has 0 amide bonds. The average Bonchev–Trinajstić information content (AvgIpc) is 2.82. The van der Waals surface area contributed by atoms with Crippen LogP contribution in [0.4, 0.5) is 0 Å². The number of rotatable bonds is 4. The van der Waals surface area contributed by atoms with Crippen LogP contribution in [0, 0.1) is 6.92 Å². The lowest BCUT2D eigenvalue weighted by Crippen LogP contribution is -1.93. The molecule has 90 valence electrons. The number of hydrogen-bond acceptors (Lipinski definition) is 4. The number of hydrogen-bond donors (Lipinski definition) is 1. The molecular formula is C11H12N2O3S. The highest BCUT2D eigenvalue weighted by molar-refractivity contribution is 7.98. The Morgan fingerprint density at radius 2 is 2.35 bits per heavy atom. The lowest BCUT2D eigenvalue weighted by Gasteiger charge is -1.98. The number of aromatic nitrogens is 2. The summed E-state index contributed by atoms with van der Waals surface area (Å²) in [5.41, 5.74) is 0.959. The van der Waals surface area contributed by atoms with E-state index < -0.39 is 5.97 Å². The number of nitrogens with zero attached hydrogens (tertiary/aromatic N) is 2. The monoisotopic (exact) mass is 252 g/mol. The highest BCUT2D eigenvalue weighted by Crippen LogP contribution is 2.23. The van der Waals surface area contributed by atoms with Crippen LogP contribution in [0.5, 0.6) is 0 Å². The Balaban J connectivity index is 2.02. The van der Waals surface area contributed by atoms with E-state index in [1.807, 2.05) is 20.0 Å². The number of thioether (sulfide) groups is 1. The van der Waals surface area contributed by atoms with E-state index >= 15 is 0 Å². The van der Waals surface area contributed by atoms with Crippen molar-refractivity contribution in [1.82, 2.24) is 9.78 Å². The maximum absolute atomic E-state index is 10.6. The van der Waals surface area contributed by atoms with E-state index in [-0.39, 0.29) is 5.76 Å². The molecule has 0 fully saturated rings. The minimum Gasteiger partial charge on any atom is -0.475 e. The van der Waals surface area contributed by atoms with E-state index in [9.17, 15) is 4.79 Å². The highest BCUT2D eigenvalue weighted by atomic mass is 32.2. The first kappa shape index (κ1) is 11.8. The zero-order chi connectivity index (χ0) is 12.4. The Labute approximate surface area is 102 Å². The number of furan rings is 1. The second-order valence-electron chi connectivity index (χ2n) is 3.61. The van der Waals surface area contributed by atoms with Gasteiger partial charge < -0.3 is 9.52 Å². The average molecular weight is 252 g/mol. The normalized spacial score (nSPS) is 10.7. The Hall–Kier alpha value is -1.69. The van der Waals surface area contributed by atoms with Crippen molar-refractivity contribution in [2.45, 2.75) is 17.7 Å². The molecule has 0 aliphatic heterocycles. The van der Waals surface area contributed by atoms with E-state index in [0.29, 0.717) is 11.5 Å². The quantitative estimate of drug-likeness (QED) is 0.846. The molecule has 0 aromatic carbocycles. The van der Waals surface area contributed by atoms with Gasteiger partial charge in [0, 0.05) is 7.05 Å². The Morgan fingerprint density at radius 3 is 2.88 bits per heavy atom. The standard InChI is InChI=1S/C11H12N2O3S/c1-7-5-10(13(2)12-7)17-6-8-3-4-9(16-8)11(14)15/h3-5H,6H2,1-2H3,(H,14,15). The van der Waals surface area contributed by atoms with Crippen LogP contribution in [0.3, 0.4) is 0 Å². The first-order valence-electron chi connectivity index (χ1n) is 5.01. The van der Waals surface area contributed by atoms with E-state index in [4.69, 9.17) is 9.52 Å². The van der Waals surface area contributed by atoms with Gasteiger partial charge in [-0.2, -0.15) is 5.10 Å². The molecular weight excluding hydrogens is 240 g/mol. The van der Waals surface area contributed by atoms with E-state index in [1.54, 1.807) is 22.5 Å². The van der Waals surface area contributed by atoms with Gasteiger partial charge in [0.05, 0.1) is 16.5 Å². The predicted molar refractivity (Wildman–Crippen MR) is 63.2 cm³/mol. The van der Waals surface area contributed by atoms with Crippen LogP contribution in [0.2, 0.25) is 0 Å². The molecule has 0 aliphatic rings. The van der Waals surface area contributed by atoms with Gasteiger partial charge in [-0.15, -0.1) is 0 Å². The second kappa shape index (κ2) is 4.67. The molecule has 0 atom stereocenters. The third kappa shape index (κ3) is 2.71. The summed E-state index contributed by atoms with van der Waals surface area (Å²) in [6.45, 7) is 1.93.